The third-order valence-corrected chi connectivity index (χ3v) is 7.16. The predicted molar refractivity (Wildman–Crippen MR) is 150 cm³/mol. The molecule has 0 spiro atoms. The Morgan fingerprint density at radius 3 is 2.33 bits per heavy atom. The number of aromatic nitrogens is 2. The van der Waals surface area contributed by atoms with Gasteiger partial charge in [0.25, 0.3) is 5.91 Å². The Morgan fingerprint density at radius 1 is 1.10 bits per heavy atom. The number of carbonyl (C=O) groups excluding carboxylic acids is 2. The first-order valence-electron chi connectivity index (χ1n) is 12.7. The second kappa shape index (κ2) is 9.71. The number of hydrogen-bond donors (Lipinski definition) is 2. The van der Waals surface area contributed by atoms with Crippen LogP contribution in [0.15, 0.2) is 48.8 Å². The lowest BCUT2D eigenvalue weighted by Gasteiger charge is -2.37. The number of ether oxygens (including phenoxy) is 2. The fourth-order valence-electron chi connectivity index (χ4n) is 5.29. The molecule has 1 fully saturated rings. The molecule has 0 unspecified atom stereocenters. The van der Waals surface area contributed by atoms with E-state index in [0.717, 1.165) is 0 Å². The highest BCUT2D eigenvalue weighted by molar-refractivity contribution is 6.16. The number of nitrogens with zero attached hydrogens (tertiary/aromatic N) is 3. The van der Waals surface area contributed by atoms with Crippen molar-refractivity contribution in [1.82, 2.24) is 9.55 Å². The van der Waals surface area contributed by atoms with E-state index in [1.165, 1.54) is 12.0 Å². The lowest BCUT2D eigenvalue weighted by molar-refractivity contribution is -0.122. The molecular weight excluding hydrogens is 512 g/mol. The third kappa shape index (κ3) is 4.21. The van der Waals surface area contributed by atoms with Crippen LogP contribution in [-0.4, -0.2) is 46.1 Å². The van der Waals surface area contributed by atoms with Gasteiger partial charge in [-0.15, -0.1) is 0 Å². The average Bonchev–Trinajstić information content (AvgIpc) is 3.20. The maximum Gasteiger partial charge on any atom is 0.353 e. The maximum atomic E-state index is 12.9. The van der Waals surface area contributed by atoms with Gasteiger partial charge in [0.05, 0.1) is 23.9 Å². The summed E-state index contributed by atoms with van der Waals surface area (Å²) in [7, 11) is 3.06. The molecule has 1 aliphatic heterocycles. The summed E-state index contributed by atoms with van der Waals surface area (Å²) in [6.45, 7) is 6.24. The smallest absolute Gasteiger partial charge is 0.353 e. The molecule has 0 radical (unpaired) electrons. The zero-order valence-electron chi connectivity index (χ0n) is 22.9. The van der Waals surface area contributed by atoms with Gasteiger partial charge in [0.2, 0.25) is 5.91 Å². The molecule has 40 heavy (non-hydrogen) atoms. The Labute approximate surface area is 230 Å². The van der Waals surface area contributed by atoms with Crippen molar-refractivity contribution in [3.63, 3.8) is 0 Å². The average molecular weight is 543 g/mol. The van der Waals surface area contributed by atoms with Crippen molar-refractivity contribution in [2.75, 3.05) is 18.6 Å². The molecule has 206 valence electrons. The Hall–Kier alpha value is -4.86. The van der Waals surface area contributed by atoms with Crippen LogP contribution in [0.25, 0.3) is 22.0 Å². The van der Waals surface area contributed by atoms with Crippen LogP contribution in [0, 0.1) is 0 Å². The van der Waals surface area contributed by atoms with Gasteiger partial charge in [-0.25, -0.2) is 4.79 Å². The van der Waals surface area contributed by atoms with Gasteiger partial charge in [-0.2, -0.15) is 0 Å². The van der Waals surface area contributed by atoms with Crippen molar-refractivity contribution in [3.8, 4) is 28.4 Å². The molecule has 5 rings (SSSR count). The monoisotopic (exact) mass is 542 g/mol. The topological polar surface area (TPSA) is 137 Å². The zero-order chi connectivity index (χ0) is 28.9. The molecule has 4 aromatic rings. The minimum Gasteiger partial charge on any atom is -0.494 e. The lowest BCUT2D eigenvalue weighted by Crippen LogP contribution is -2.44. The van der Waals surface area contributed by atoms with Crippen LogP contribution >= 0.6 is 0 Å². The molecule has 1 aliphatic rings. The lowest BCUT2D eigenvalue weighted by atomic mass is 9.78. The first-order chi connectivity index (χ1) is 19.0. The third-order valence-electron chi connectivity index (χ3n) is 7.16. The quantitative estimate of drug-likeness (QED) is 0.318. The molecule has 0 bridgehead atoms. The Kier molecular flexibility index (Phi) is 6.49. The molecular formula is C30H30N4O6. The van der Waals surface area contributed by atoms with Gasteiger partial charge in [0.1, 0.15) is 11.4 Å². The number of nitrogens with two attached hydrogens (primary N) is 1. The number of rotatable bonds is 7. The number of methoxy groups -OCH3 is 1. The number of β-lactam (4-membered cyclic amide) rings is 1. The van der Waals surface area contributed by atoms with Crippen LogP contribution in [0.2, 0.25) is 0 Å². The molecule has 0 aliphatic carbocycles. The van der Waals surface area contributed by atoms with Gasteiger partial charge in [0.15, 0.2) is 11.5 Å². The summed E-state index contributed by atoms with van der Waals surface area (Å²) in [5.41, 5.74) is 7.70. The largest absolute Gasteiger partial charge is 0.494 e. The molecule has 10 heteroatoms. The minimum atomic E-state index is -1.16. The highest BCUT2D eigenvalue weighted by atomic mass is 16.5. The Balaban J connectivity index is 1.96. The van der Waals surface area contributed by atoms with Crippen LogP contribution in [0.5, 0.6) is 17.2 Å². The van der Waals surface area contributed by atoms with E-state index in [9.17, 15) is 19.5 Å². The molecule has 0 saturated carbocycles. The summed E-state index contributed by atoms with van der Waals surface area (Å²) in [5, 5.41) is 11.1. The van der Waals surface area contributed by atoms with Crippen molar-refractivity contribution in [2.24, 2.45) is 12.8 Å². The SMILES string of the molecule is COc1c(C(N)=O)cc(C(C)(C)C)c(-c2c(C(=O)O)n(C)c3c(Oc4ccncc4)cccc23)c1N1CCC1=O. The van der Waals surface area contributed by atoms with Crippen LogP contribution < -0.4 is 20.1 Å². The fourth-order valence-corrected chi connectivity index (χ4v) is 5.29. The standard InChI is InChI=1S/C30H30N4O6/c1-30(2,3)19-15-18(28(31)36)27(39-5)25(34-14-11-21(34)35)23(19)22-17-7-6-8-20(40-16-9-12-32-13-10-16)24(17)33(4)26(22)29(37)38/h6-10,12-13,15H,11,14H2,1-5H3,(H2,31,36)(H,37,38). The van der Waals surface area contributed by atoms with E-state index in [2.05, 4.69) is 4.98 Å². The van der Waals surface area contributed by atoms with Crippen LogP contribution in [-0.2, 0) is 17.3 Å². The number of para-hydroxylation sites is 1. The molecule has 3 heterocycles. The van der Waals surface area contributed by atoms with E-state index in [1.54, 1.807) is 54.3 Å². The van der Waals surface area contributed by atoms with E-state index in [4.69, 9.17) is 15.2 Å². The van der Waals surface area contributed by atoms with E-state index < -0.39 is 17.3 Å². The van der Waals surface area contributed by atoms with E-state index in [0.29, 0.717) is 57.7 Å². The molecule has 0 atom stereocenters. The maximum absolute atomic E-state index is 12.9. The van der Waals surface area contributed by atoms with E-state index >= 15 is 0 Å². The molecule has 3 N–H and O–H groups in total. The molecule has 10 nitrogen and oxygen atoms in total. The first-order valence-corrected chi connectivity index (χ1v) is 12.7. The van der Waals surface area contributed by atoms with E-state index in [1.807, 2.05) is 26.8 Å². The second-order valence-corrected chi connectivity index (χ2v) is 10.7. The summed E-state index contributed by atoms with van der Waals surface area (Å²) in [4.78, 5) is 43.9. The number of fused-ring (bicyclic) bond motifs is 1. The number of primary amides is 1. The van der Waals surface area contributed by atoms with Crippen molar-refractivity contribution in [3.05, 3.63) is 65.6 Å². The number of benzene rings is 2. The molecule has 2 aromatic carbocycles. The van der Waals surface area contributed by atoms with Crippen LogP contribution in [0.3, 0.4) is 0 Å². The van der Waals surface area contributed by atoms with Gasteiger partial charge in [-0.1, -0.05) is 32.9 Å². The van der Waals surface area contributed by atoms with Gasteiger partial charge < -0.3 is 29.8 Å². The van der Waals surface area contributed by atoms with Crippen molar-refractivity contribution in [1.29, 1.82) is 0 Å². The summed E-state index contributed by atoms with van der Waals surface area (Å²) in [6, 6.07) is 10.4. The highest BCUT2D eigenvalue weighted by Crippen LogP contribution is 2.52. The normalized spacial score (nSPS) is 13.3. The predicted octanol–water partition coefficient (Wildman–Crippen LogP) is 4.87. The number of aromatic carboxylic acids is 1. The zero-order valence-corrected chi connectivity index (χ0v) is 22.9. The second-order valence-electron chi connectivity index (χ2n) is 10.7. The Bertz CT molecular complexity index is 1680. The summed E-state index contributed by atoms with van der Waals surface area (Å²) in [6.07, 6.45) is 3.53. The summed E-state index contributed by atoms with van der Waals surface area (Å²) in [5.74, 6) is -0.938. The van der Waals surface area contributed by atoms with E-state index in [-0.39, 0.29) is 22.9 Å². The van der Waals surface area contributed by atoms with Gasteiger partial charge in [0, 0.05) is 48.9 Å². The first kappa shape index (κ1) is 26.7. The van der Waals surface area contributed by atoms with Crippen molar-refractivity contribution in [2.45, 2.75) is 32.6 Å². The number of carbonyl (C=O) groups is 3. The molecule has 2 amide bonds. The number of aryl methyl sites for hydroxylation is 1. The number of pyridine rings is 1. The van der Waals surface area contributed by atoms with Gasteiger partial charge in [-0.05, 0) is 35.2 Å². The summed E-state index contributed by atoms with van der Waals surface area (Å²) >= 11 is 0. The van der Waals surface area contributed by atoms with Crippen molar-refractivity contribution >= 4 is 34.4 Å². The number of carboxylic acids is 1. The van der Waals surface area contributed by atoms with Crippen LogP contribution in [0.1, 0.15) is 53.6 Å². The fraction of sp³-hybridized carbons (Fsp3) is 0.267. The number of hydrogen-bond acceptors (Lipinski definition) is 6. The Morgan fingerprint density at radius 2 is 1.80 bits per heavy atom. The van der Waals surface area contributed by atoms with Gasteiger partial charge >= 0.3 is 5.97 Å². The summed E-state index contributed by atoms with van der Waals surface area (Å²) < 4.78 is 13.5. The minimum absolute atomic E-state index is 0.00520. The van der Waals surface area contributed by atoms with Gasteiger partial charge in [-0.3, -0.25) is 14.6 Å². The highest BCUT2D eigenvalue weighted by Gasteiger charge is 2.39. The number of amides is 2. The number of anilines is 1. The number of carboxylic acid groups (broad SMARTS) is 1. The van der Waals surface area contributed by atoms with Crippen LogP contribution in [0.4, 0.5) is 5.69 Å². The van der Waals surface area contributed by atoms with Crippen molar-refractivity contribution < 1.29 is 29.0 Å². The molecule has 1 saturated heterocycles. The molecule has 2 aromatic heterocycles.